The number of aromatic amines is 1. The molecular weight excluding hydrogens is 531 g/mol. The highest BCUT2D eigenvalue weighted by atomic mass is 31.1. The third-order valence-corrected chi connectivity index (χ3v) is 6.54. The molecule has 1 aromatic carbocycles. The fraction of sp³-hybridized carbons (Fsp3) is 0.522. The number of benzene rings is 1. The van der Waals surface area contributed by atoms with Crippen LogP contribution in [0.2, 0.25) is 0 Å². The number of halogens is 2. The van der Waals surface area contributed by atoms with Crippen molar-refractivity contribution in [3.63, 3.8) is 0 Å². The summed E-state index contributed by atoms with van der Waals surface area (Å²) in [5.74, 6) is -1.89. The summed E-state index contributed by atoms with van der Waals surface area (Å²) in [4.78, 5) is 49.7. The molecule has 6 atom stereocenters. The Kier molecular flexibility index (Phi) is 9.71. The van der Waals surface area contributed by atoms with E-state index in [0.29, 0.717) is 6.42 Å². The zero-order valence-electron chi connectivity index (χ0n) is 20.8. The fourth-order valence-corrected chi connectivity index (χ4v) is 4.28. The minimum absolute atomic E-state index is 0.202. The average Bonchev–Trinajstić information content (AvgIpc) is 3.07. The van der Waals surface area contributed by atoms with Crippen LogP contribution in [0.3, 0.4) is 0 Å². The Hall–Kier alpha value is -3.19. The van der Waals surface area contributed by atoms with Gasteiger partial charge in [-0.25, -0.2) is 18.4 Å². The van der Waals surface area contributed by atoms with Gasteiger partial charge in [0.15, 0.2) is 23.7 Å². The summed E-state index contributed by atoms with van der Waals surface area (Å²) in [6.45, 7) is 3.99. The van der Waals surface area contributed by atoms with Crippen LogP contribution in [0.1, 0.15) is 39.8 Å². The first-order valence-electron chi connectivity index (χ1n) is 11.7. The molecule has 0 saturated carbocycles. The van der Waals surface area contributed by atoms with Gasteiger partial charge in [0, 0.05) is 18.3 Å². The number of unbranched alkanes of at least 4 members (excludes halogenated alkanes) is 1. The van der Waals surface area contributed by atoms with Gasteiger partial charge >= 0.3 is 19.8 Å². The predicted octanol–water partition coefficient (Wildman–Crippen LogP) is 1.71. The number of H-pyrrole nitrogens is 1. The maximum absolute atomic E-state index is 15.4. The fourth-order valence-electron chi connectivity index (χ4n) is 3.54. The summed E-state index contributed by atoms with van der Waals surface area (Å²) in [6, 6.07) is 2.93. The molecule has 1 saturated heterocycles. The summed E-state index contributed by atoms with van der Waals surface area (Å²) in [5.41, 5.74) is -4.12. The number of rotatable bonds is 11. The highest BCUT2D eigenvalue weighted by molar-refractivity contribution is 7.34. The van der Waals surface area contributed by atoms with Crippen LogP contribution in [0, 0.1) is 5.82 Å². The van der Waals surface area contributed by atoms with Crippen molar-refractivity contribution in [1.82, 2.24) is 9.55 Å². The molecule has 38 heavy (non-hydrogen) atoms. The summed E-state index contributed by atoms with van der Waals surface area (Å²) < 4.78 is 55.0. The van der Waals surface area contributed by atoms with Crippen LogP contribution in [0.15, 0.2) is 44.8 Å². The Balaban J connectivity index is 1.71. The first kappa shape index (κ1) is 29.4. The molecule has 12 nitrogen and oxygen atoms in total. The second-order valence-electron chi connectivity index (χ2n) is 8.68. The third-order valence-electron chi connectivity index (χ3n) is 5.66. The molecular formula is C23H28F2N3O9P. The van der Waals surface area contributed by atoms with Crippen molar-refractivity contribution < 1.29 is 42.3 Å². The number of carbonyl (C=O) groups excluding carboxylic acids is 1. The van der Waals surface area contributed by atoms with Crippen molar-refractivity contribution in [2.75, 3.05) is 13.2 Å². The zero-order valence-corrected chi connectivity index (χ0v) is 21.7. The molecule has 0 aliphatic carbocycles. The standard InChI is InChI=1S/C23H28F2N3O9P/c1-4-5-10-34-20(31)13(2)27-38(33)37-15-7-6-14(24)11-16(15)35-12-17-19(30)23(3,25)21(36-17)28-9-8-18(29)26-22(28)32/h6-9,11,13,17,19,21,30H,4-5,10,12H2,1-3H3,(H,26,29,32)/t13-,17+,19+,21+,23+/m0/s1. The lowest BCUT2D eigenvalue weighted by atomic mass is 9.98. The minimum Gasteiger partial charge on any atom is -0.575 e. The van der Waals surface area contributed by atoms with Crippen LogP contribution >= 0.6 is 8.17 Å². The molecule has 1 aliphatic rings. The van der Waals surface area contributed by atoms with E-state index in [4.69, 9.17) is 18.7 Å². The molecule has 1 aliphatic heterocycles. The van der Waals surface area contributed by atoms with E-state index in [9.17, 15) is 28.8 Å². The number of aliphatic hydroxyl groups is 1. The Morgan fingerprint density at radius 2 is 2.11 bits per heavy atom. The van der Waals surface area contributed by atoms with Crippen LogP contribution in [-0.2, 0) is 14.3 Å². The van der Waals surface area contributed by atoms with Gasteiger partial charge in [0.1, 0.15) is 24.6 Å². The molecule has 1 fully saturated rings. The summed E-state index contributed by atoms with van der Waals surface area (Å²) in [5, 5.41) is 10.5. The van der Waals surface area contributed by atoms with E-state index in [1.807, 2.05) is 11.9 Å². The lowest BCUT2D eigenvalue weighted by Gasteiger charge is -2.24. The van der Waals surface area contributed by atoms with Crippen molar-refractivity contribution in [2.24, 2.45) is 4.74 Å². The van der Waals surface area contributed by atoms with Gasteiger partial charge in [-0.2, -0.15) is 0 Å². The van der Waals surface area contributed by atoms with Crippen molar-refractivity contribution in [1.29, 1.82) is 0 Å². The number of alkyl halides is 1. The summed E-state index contributed by atoms with van der Waals surface area (Å²) in [7, 11) is -2.80. The number of hydrogen-bond acceptors (Lipinski definition) is 10. The number of esters is 1. The van der Waals surface area contributed by atoms with Crippen molar-refractivity contribution in [3.8, 4) is 11.5 Å². The third kappa shape index (κ3) is 7.01. The molecule has 3 rings (SSSR count). The van der Waals surface area contributed by atoms with Gasteiger partial charge in [-0.15, -0.1) is 0 Å². The Morgan fingerprint density at radius 3 is 2.79 bits per heavy atom. The van der Waals surface area contributed by atoms with Gasteiger partial charge in [-0.3, -0.25) is 18.9 Å². The van der Waals surface area contributed by atoms with Gasteiger partial charge in [0.2, 0.25) is 5.75 Å². The lowest BCUT2D eigenvalue weighted by Crippen LogP contribution is -2.43. The Morgan fingerprint density at radius 1 is 1.37 bits per heavy atom. The van der Waals surface area contributed by atoms with Crippen molar-refractivity contribution in [2.45, 2.75) is 63.8 Å². The molecule has 208 valence electrons. The zero-order chi connectivity index (χ0) is 28.0. The summed E-state index contributed by atoms with van der Waals surface area (Å²) in [6.07, 6.45) is -2.20. The average molecular weight is 559 g/mol. The molecule has 2 N–H and O–H groups in total. The lowest BCUT2D eigenvalue weighted by molar-refractivity contribution is -0.169. The first-order chi connectivity index (χ1) is 17.9. The Bertz CT molecular complexity index is 1280. The largest absolute Gasteiger partial charge is 0.575 e. The maximum atomic E-state index is 15.4. The van der Waals surface area contributed by atoms with Gasteiger partial charge in [-0.05, 0) is 32.4 Å². The van der Waals surface area contributed by atoms with Gasteiger partial charge in [0.25, 0.3) is 5.56 Å². The normalized spacial score (nSPS) is 24.2. The SMILES string of the molecule is CCCCOC(=O)[C@H](C)N=[P+]([O-])Oc1ccc(F)cc1OC[C@H]1O[C@@H](n2ccc(=O)[nH]c2=O)[C@](C)(F)[C@@H]1O. The second kappa shape index (κ2) is 12.6. The van der Waals surface area contributed by atoms with Gasteiger partial charge in [-0.1, -0.05) is 18.1 Å². The van der Waals surface area contributed by atoms with Gasteiger partial charge < -0.3 is 24.2 Å². The highest BCUT2D eigenvalue weighted by Gasteiger charge is 2.55. The van der Waals surface area contributed by atoms with E-state index in [1.165, 1.54) is 6.92 Å². The molecule has 2 aromatic rings. The van der Waals surface area contributed by atoms with Crippen LogP contribution < -0.4 is 25.4 Å². The number of nitrogens with one attached hydrogen (secondary N) is 1. The van der Waals surface area contributed by atoms with Crippen LogP contribution in [0.4, 0.5) is 8.78 Å². The number of aliphatic hydroxyl groups excluding tert-OH is 1. The van der Waals surface area contributed by atoms with Gasteiger partial charge in [0.05, 0.1) is 6.61 Å². The molecule has 15 heteroatoms. The number of ether oxygens (including phenoxy) is 3. The van der Waals surface area contributed by atoms with E-state index in [0.717, 1.165) is 48.4 Å². The van der Waals surface area contributed by atoms with E-state index in [2.05, 4.69) is 4.74 Å². The van der Waals surface area contributed by atoms with E-state index in [-0.39, 0.29) is 18.1 Å². The smallest absolute Gasteiger partial charge is 0.395 e. The van der Waals surface area contributed by atoms with E-state index in [1.54, 1.807) is 0 Å². The van der Waals surface area contributed by atoms with E-state index >= 15 is 4.39 Å². The molecule has 0 amide bonds. The molecule has 0 spiro atoms. The molecule has 2 heterocycles. The van der Waals surface area contributed by atoms with Crippen molar-refractivity contribution >= 4 is 14.1 Å². The van der Waals surface area contributed by atoms with Crippen LogP contribution in [0.25, 0.3) is 0 Å². The second-order valence-corrected chi connectivity index (χ2v) is 9.57. The Labute approximate surface area is 216 Å². The molecule has 1 unspecified atom stereocenters. The number of hydrogen-bond donors (Lipinski definition) is 2. The summed E-state index contributed by atoms with van der Waals surface area (Å²) >= 11 is 0. The van der Waals surface area contributed by atoms with Crippen LogP contribution in [0.5, 0.6) is 11.5 Å². The highest BCUT2D eigenvalue weighted by Crippen LogP contribution is 2.41. The van der Waals surface area contributed by atoms with Crippen LogP contribution in [-0.4, -0.2) is 57.8 Å². The topological polar surface area (TPSA) is 164 Å². The molecule has 1 aromatic heterocycles. The number of aromatic nitrogens is 2. The van der Waals surface area contributed by atoms with E-state index < -0.39 is 68.0 Å². The maximum Gasteiger partial charge on any atom is 0.395 e. The quantitative estimate of drug-likeness (QED) is 0.237. The molecule has 0 bridgehead atoms. The molecule has 0 radical (unpaired) electrons. The van der Waals surface area contributed by atoms with Crippen molar-refractivity contribution in [3.05, 3.63) is 57.1 Å². The minimum atomic E-state index is -2.80. The number of carbonyl (C=O) groups is 1. The predicted molar refractivity (Wildman–Crippen MR) is 128 cm³/mol. The monoisotopic (exact) mass is 559 g/mol. The first-order valence-corrected chi connectivity index (χ1v) is 12.9. The number of nitrogens with zero attached hydrogens (tertiary/aromatic N) is 2.